The fourth-order valence-electron chi connectivity index (χ4n) is 3.11. The molecule has 2 atom stereocenters. The standard InChI is InChI=1S/C17H28N2O/c1-12(2)19-10-6-9-16(18)17(19)14-7-5-8-15(11-14)20-13(3)4/h5,7-8,11-13,16-17H,6,9-10,18H2,1-4H3. The molecule has 20 heavy (non-hydrogen) atoms. The first-order valence-electron chi connectivity index (χ1n) is 7.77. The molecule has 1 saturated heterocycles. The summed E-state index contributed by atoms with van der Waals surface area (Å²) in [4.78, 5) is 2.52. The van der Waals surface area contributed by atoms with Gasteiger partial charge in [-0.2, -0.15) is 0 Å². The first-order valence-corrected chi connectivity index (χ1v) is 7.77. The predicted molar refractivity (Wildman–Crippen MR) is 84.0 cm³/mol. The highest BCUT2D eigenvalue weighted by Crippen LogP contribution is 2.33. The zero-order valence-electron chi connectivity index (χ0n) is 13.2. The van der Waals surface area contributed by atoms with Gasteiger partial charge in [0.1, 0.15) is 5.75 Å². The van der Waals surface area contributed by atoms with Crippen LogP contribution in [0.3, 0.4) is 0 Å². The quantitative estimate of drug-likeness (QED) is 0.916. The monoisotopic (exact) mass is 276 g/mol. The number of rotatable bonds is 4. The molecule has 1 fully saturated rings. The van der Waals surface area contributed by atoms with E-state index in [1.807, 2.05) is 6.07 Å². The predicted octanol–water partition coefficient (Wildman–Crippen LogP) is 3.35. The van der Waals surface area contributed by atoms with Gasteiger partial charge in [-0.05, 0) is 64.8 Å². The summed E-state index contributed by atoms with van der Waals surface area (Å²) in [7, 11) is 0. The number of ether oxygens (including phenoxy) is 1. The van der Waals surface area contributed by atoms with Crippen molar-refractivity contribution in [2.45, 2.75) is 64.8 Å². The van der Waals surface area contributed by atoms with Crippen LogP contribution in [0, 0.1) is 0 Å². The van der Waals surface area contributed by atoms with E-state index in [1.165, 1.54) is 12.0 Å². The minimum Gasteiger partial charge on any atom is -0.491 e. The van der Waals surface area contributed by atoms with E-state index in [0.717, 1.165) is 18.7 Å². The Morgan fingerprint density at radius 3 is 2.65 bits per heavy atom. The van der Waals surface area contributed by atoms with Crippen molar-refractivity contribution in [2.75, 3.05) is 6.54 Å². The van der Waals surface area contributed by atoms with E-state index in [1.54, 1.807) is 0 Å². The Bertz CT molecular complexity index is 431. The van der Waals surface area contributed by atoms with E-state index in [9.17, 15) is 0 Å². The van der Waals surface area contributed by atoms with Crippen molar-refractivity contribution in [1.29, 1.82) is 0 Å². The highest BCUT2D eigenvalue weighted by Gasteiger charge is 2.31. The van der Waals surface area contributed by atoms with Crippen LogP contribution in [-0.4, -0.2) is 29.6 Å². The van der Waals surface area contributed by atoms with E-state index in [2.05, 4.69) is 50.8 Å². The van der Waals surface area contributed by atoms with Gasteiger partial charge in [0.05, 0.1) is 12.1 Å². The summed E-state index contributed by atoms with van der Waals surface area (Å²) in [5, 5.41) is 0. The van der Waals surface area contributed by atoms with Crippen LogP contribution in [0.5, 0.6) is 5.75 Å². The number of hydrogen-bond donors (Lipinski definition) is 1. The number of nitrogens with two attached hydrogens (primary N) is 1. The largest absolute Gasteiger partial charge is 0.491 e. The van der Waals surface area contributed by atoms with Crippen molar-refractivity contribution >= 4 is 0 Å². The number of benzene rings is 1. The maximum atomic E-state index is 6.41. The van der Waals surface area contributed by atoms with Crippen LogP contribution in [0.15, 0.2) is 24.3 Å². The lowest BCUT2D eigenvalue weighted by atomic mass is 9.90. The molecule has 2 unspecified atom stereocenters. The van der Waals surface area contributed by atoms with Crippen LogP contribution in [0.2, 0.25) is 0 Å². The molecule has 0 aromatic heterocycles. The Labute approximate surface area is 123 Å². The summed E-state index contributed by atoms with van der Waals surface area (Å²) in [6.07, 6.45) is 2.49. The lowest BCUT2D eigenvalue weighted by Crippen LogP contribution is -2.48. The molecule has 2 rings (SSSR count). The smallest absolute Gasteiger partial charge is 0.120 e. The topological polar surface area (TPSA) is 38.5 Å². The first kappa shape index (κ1) is 15.3. The molecule has 3 nitrogen and oxygen atoms in total. The molecular weight excluding hydrogens is 248 g/mol. The number of piperidine rings is 1. The lowest BCUT2D eigenvalue weighted by Gasteiger charge is -2.42. The first-order chi connectivity index (χ1) is 9.49. The highest BCUT2D eigenvalue weighted by molar-refractivity contribution is 5.32. The van der Waals surface area contributed by atoms with Crippen molar-refractivity contribution in [3.8, 4) is 5.75 Å². The van der Waals surface area contributed by atoms with Crippen LogP contribution >= 0.6 is 0 Å². The Kier molecular flexibility index (Phi) is 5.06. The molecule has 0 spiro atoms. The molecule has 1 aromatic carbocycles. The third-order valence-electron chi connectivity index (χ3n) is 3.95. The molecule has 0 saturated carbocycles. The van der Waals surface area contributed by atoms with Crippen LogP contribution in [0.25, 0.3) is 0 Å². The fourth-order valence-corrected chi connectivity index (χ4v) is 3.11. The van der Waals surface area contributed by atoms with E-state index < -0.39 is 0 Å². The Morgan fingerprint density at radius 1 is 1.25 bits per heavy atom. The molecule has 3 heteroatoms. The van der Waals surface area contributed by atoms with Crippen molar-refractivity contribution < 1.29 is 4.74 Å². The molecule has 0 bridgehead atoms. The second-order valence-corrected chi connectivity index (χ2v) is 6.32. The maximum Gasteiger partial charge on any atom is 0.120 e. The van der Waals surface area contributed by atoms with Crippen molar-refractivity contribution in [1.82, 2.24) is 4.90 Å². The summed E-state index contributed by atoms with van der Waals surface area (Å²) in [5.74, 6) is 0.943. The van der Waals surface area contributed by atoms with E-state index in [0.29, 0.717) is 12.1 Å². The van der Waals surface area contributed by atoms with Crippen LogP contribution in [0.1, 0.15) is 52.1 Å². The van der Waals surface area contributed by atoms with Gasteiger partial charge >= 0.3 is 0 Å². The zero-order valence-corrected chi connectivity index (χ0v) is 13.2. The Balaban J connectivity index is 2.26. The fraction of sp³-hybridized carbons (Fsp3) is 0.647. The van der Waals surface area contributed by atoms with Gasteiger partial charge < -0.3 is 10.5 Å². The lowest BCUT2D eigenvalue weighted by molar-refractivity contribution is 0.0944. The number of nitrogens with zero attached hydrogens (tertiary/aromatic N) is 1. The SMILES string of the molecule is CC(C)Oc1cccc(C2C(N)CCCN2C(C)C)c1. The average Bonchev–Trinajstić information content (AvgIpc) is 2.37. The molecular formula is C17H28N2O. The number of likely N-dealkylation sites (tertiary alicyclic amines) is 1. The van der Waals surface area contributed by atoms with Gasteiger partial charge in [0.2, 0.25) is 0 Å². The van der Waals surface area contributed by atoms with E-state index >= 15 is 0 Å². The molecule has 2 N–H and O–H groups in total. The van der Waals surface area contributed by atoms with Crippen LogP contribution < -0.4 is 10.5 Å². The third kappa shape index (κ3) is 3.53. The van der Waals surface area contributed by atoms with E-state index in [4.69, 9.17) is 10.5 Å². The van der Waals surface area contributed by atoms with Crippen molar-refractivity contribution in [3.63, 3.8) is 0 Å². The molecule has 0 aliphatic carbocycles. The van der Waals surface area contributed by atoms with Gasteiger partial charge in [-0.15, -0.1) is 0 Å². The van der Waals surface area contributed by atoms with Crippen molar-refractivity contribution in [2.24, 2.45) is 5.73 Å². The average molecular weight is 276 g/mol. The van der Waals surface area contributed by atoms with Crippen molar-refractivity contribution in [3.05, 3.63) is 29.8 Å². The minimum absolute atomic E-state index is 0.200. The summed E-state index contributed by atoms with van der Waals surface area (Å²) in [6, 6.07) is 9.47. The summed E-state index contributed by atoms with van der Waals surface area (Å²) in [5.41, 5.74) is 7.69. The van der Waals surface area contributed by atoms with Crippen LogP contribution in [0.4, 0.5) is 0 Å². The van der Waals surface area contributed by atoms with Crippen LogP contribution in [-0.2, 0) is 0 Å². The van der Waals surface area contributed by atoms with Gasteiger partial charge in [-0.25, -0.2) is 0 Å². The Morgan fingerprint density at radius 2 is 2.00 bits per heavy atom. The molecule has 0 amide bonds. The van der Waals surface area contributed by atoms with Gasteiger partial charge in [-0.1, -0.05) is 12.1 Å². The molecule has 1 aliphatic rings. The minimum atomic E-state index is 0.200. The maximum absolute atomic E-state index is 6.41. The van der Waals surface area contributed by atoms with Gasteiger partial charge in [0.15, 0.2) is 0 Å². The molecule has 112 valence electrons. The summed E-state index contributed by atoms with van der Waals surface area (Å²) in [6.45, 7) is 9.74. The number of hydrogen-bond acceptors (Lipinski definition) is 3. The van der Waals surface area contributed by atoms with Gasteiger partial charge in [0.25, 0.3) is 0 Å². The molecule has 1 aromatic rings. The second kappa shape index (κ2) is 6.59. The normalized spacial score (nSPS) is 24.4. The Hall–Kier alpha value is -1.06. The van der Waals surface area contributed by atoms with Gasteiger partial charge in [-0.3, -0.25) is 4.90 Å². The third-order valence-corrected chi connectivity index (χ3v) is 3.95. The zero-order chi connectivity index (χ0) is 14.7. The molecule has 1 heterocycles. The van der Waals surface area contributed by atoms with Gasteiger partial charge in [0, 0.05) is 12.1 Å². The summed E-state index contributed by atoms with van der Waals surface area (Å²) < 4.78 is 5.82. The molecule has 1 aliphatic heterocycles. The second-order valence-electron chi connectivity index (χ2n) is 6.32. The highest BCUT2D eigenvalue weighted by atomic mass is 16.5. The summed E-state index contributed by atoms with van der Waals surface area (Å²) >= 11 is 0. The van der Waals surface area contributed by atoms with E-state index in [-0.39, 0.29) is 12.1 Å². The molecule has 0 radical (unpaired) electrons.